The van der Waals surface area contributed by atoms with E-state index in [1.807, 2.05) is 6.07 Å². The minimum atomic E-state index is -0.0416. The van der Waals surface area contributed by atoms with E-state index in [0.29, 0.717) is 0 Å². The van der Waals surface area contributed by atoms with Crippen LogP contribution in [-0.4, -0.2) is 66.2 Å². The van der Waals surface area contributed by atoms with Gasteiger partial charge in [0, 0.05) is 51.2 Å². The fraction of sp³-hybridized carbons (Fsp3) is 0.737. The van der Waals surface area contributed by atoms with Crippen molar-refractivity contribution in [3.63, 3.8) is 0 Å². The molecular formula is C19H34N6O. The lowest BCUT2D eigenvalue weighted by atomic mass is 10.1. The molecule has 2 heterocycles. The van der Waals surface area contributed by atoms with E-state index >= 15 is 0 Å². The first-order chi connectivity index (χ1) is 12.7. The van der Waals surface area contributed by atoms with Gasteiger partial charge in [-0.05, 0) is 32.4 Å². The topological polar surface area (TPSA) is 73.4 Å². The first-order valence-electron chi connectivity index (χ1n) is 9.97. The highest BCUT2D eigenvalue weighted by Crippen LogP contribution is 2.09. The number of piperazine rings is 1. The minimum absolute atomic E-state index is 0.0416. The van der Waals surface area contributed by atoms with E-state index in [4.69, 9.17) is 0 Å². The summed E-state index contributed by atoms with van der Waals surface area (Å²) < 4.78 is 0. The summed E-state index contributed by atoms with van der Waals surface area (Å²) in [4.78, 5) is 25.2. The fourth-order valence-corrected chi connectivity index (χ4v) is 3.18. The average Bonchev–Trinajstić information content (AvgIpc) is 2.66. The van der Waals surface area contributed by atoms with Gasteiger partial charge < -0.3 is 15.5 Å². The quantitative estimate of drug-likeness (QED) is 0.625. The van der Waals surface area contributed by atoms with Crippen molar-refractivity contribution >= 4 is 12.0 Å². The van der Waals surface area contributed by atoms with Crippen LogP contribution in [0.15, 0.2) is 18.5 Å². The second-order valence-corrected chi connectivity index (χ2v) is 7.03. The third-order valence-electron chi connectivity index (χ3n) is 4.76. The maximum atomic E-state index is 11.9. The van der Waals surface area contributed by atoms with Crippen molar-refractivity contribution in [1.82, 2.24) is 25.5 Å². The predicted molar refractivity (Wildman–Crippen MR) is 105 cm³/mol. The number of unbranched alkanes of at least 4 members (excludes halogenated alkanes) is 2. The molecule has 1 aliphatic heterocycles. The Bertz CT molecular complexity index is 504. The van der Waals surface area contributed by atoms with Crippen LogP contribution in [0.25, 0.3) is 0 Å². The van der Waals surface area contributed by atoms with E-state index in [-0.39, 0.29) is 12.1 Å². The van der Waals surface area contributed by atoms with Crippen LogP contribution in [0.1, 0.15) is 46.0 Å². The molecule has 2 rings (SSSR count). The summed E-state index contributed by atoms with van der Waals surface area (Å²) in [6.45, 7) is 9.93. The molecule has 1 aliphatic rings. The largest absolute Gasteiger partial charge is 0.338 e. The normalized spacial score (nSPS) is 16.3. The Kier molecular flexibility index (Phi) is 9.17. The Hall–Kier alpha value is -1.89. The maximum Gasteiger partial charge on any atom is 0.314 e. The van der Waals surface area contributed by atoms with Gasteiger partial charge in [0.1, 0.15) is 0 Å². The zero-order chi connectivity index (χ0) is 18.6. The number of amides is 2. The third-order valence-corrected chi connectivity index (χ3v) is 4.76. The van der Waals surface area contributed by atoms with Crippen molar-refractivity contribution in [3.8, 4) is 0 Å². The molecule has 26 heavy (non-hydrogen) atoms. The van der Waals surface area contributed by atoms with Gasteiger partial charge in [0.05, 0.1) is 0 Å². The standard InChI is InChI=1S/C19H34N6O/c1-3-4-5-8-17(2)23-19(26)22-11-7-12-24-13-15-25(16-14-24)18-20-9-6-10-21-18/h6,9-10,17H,3-5,7-8,11-16H2,1-2H3,(H2,22,23,26). The van der Waals surface area contributed by atoms with Gasteiger partial charge in [-0.25, -0.2) is 14.8 Å². The molecule has 0 bridgehead atoms. The third kappa shape index (κ3) is 7.56. The maximum absolute atomic E-state index is 11.9. The van der Waals surface area contributed by atoms with Gasteiger partial charge in [0.25, 0.3) is 0 Å². The summed E-state index contributed by atoms with van der Waals surface area (Å²) >= 11 is 0. The van der Waals surface area contributed by atoms with Gasteiger partial charge in [-0.3, -0.25) is 4.90 Å². The molecule has 1 atom stereocenters. The Morgan fingerprint density at radius 3 is 2.58 bits per heavy atom. The Morgan fingerprint density at radius 2 is 1.88 bits per heavy atom. The molecule has 1 aromatic heterocycles. The lowest BCUT2D eigenvalue weighted by molar-refractivity contribution is 0.232. The molecule has 0 saturated carbocycles. The Morgan fingerprint density at radius 1 is 1.15 bits per heavy atom. The summed E-state index contributed by atoms with van der Waals surface area (Å²) in [7, 11) is 0. The van der Waals surface area contributed by atoms with E-state index in [1.54, 1.807) is 12.4 Å². The molecule has 0 aliphatic carbocycles. The first kappa shape index (κ1) is 20.4. The summed E-state index contributed by atoms with van der Waals surface area (Å²) in [6, 6.07) is 2.05. The number of anilines is 1. The van der Waals surface area contributed by atoms with Crippen LogP contribution < -0.4 is 15.5 Å². The van der Waals surface area contributed by atoms with Crippen molar-refractivity contribution in [3.05, 3.63) is 18.5 Å². The van der Waals surface area contributed by atoms with E-state index in [9.17, 15) is 4.79 Å². The Labute approximate surface area is 157 Å². The van der Waals surface area contributed by atoms with Crippen molar-refractivity contribution in [2.24, 2.45) is 0 Å². The highest BCUT2D eigenvalue weighted by atomic mass is 16.2. The number of carbonyl (C=O) groups excluding carboxylic acids is 1. The number of rotatable bonds is 10. The lowest BCUT2D eigenvalue weighted by Crippen LogP contribution is -2.47. The van der Waals surface area contributed by atoms with Gasteiger partial charge in [-0.1, -0.05) is 26.2 Å². The second kappa shape index (κ2) is 11.7. The van der Waals surface area contributed by atoms with Crippen molar-refractivity contribution in [1.29, 1.82) is 0 Å². The summed E-state index contributed by atoms with van der Waals surface area (Å²) in [5.74, 6) is 0.818. The average molecular weight is 363 g/mol. The van der Waals surface area contributed by atoms with Gasteiger partial charge in [0.2, 0.25) is 5.95 Å². The zero-order valence-corrected chi connectivity index (χ0v) is 16.3. The van der Waals surface area contributed by atoms with Gasteiger partial charge in [-0.2, -0.15) is 0 Å². The van der Waals surface area contributed by atoms with E-state index in [1.165, 1.54) is 19.3 Å². The molecule has 2 N–H and O–H groups in total. The molecule has 7 heteroatoms. The summed E-state index contributed by atoms with van der Waals surface area (Å²) in [5.41, 5.74) is 0. The van der Waals surface area contributed by atoms with E-state index < -0.39 is 0 Å². The van der Waals surface area contributed by atoms with Crippen molar-refractivity contribution < 1.29 is 4.79 Å². The molecule has 1 saturated heterocycles. The van der Waals surface area contributed by atoms with E-state index in [2.05, 4.69) is 44.2 Å². The van der Waals surface area contributed by atoms with Gasteiger partial charge >= 0.3 is 6.03 Å². The lowest BCUT2D eigenvalue weighted by Gasteiger charge is -2.34. The molecule has 0 aromatic carbocycles. The summed E-state index contributed by atoms with van der Waals surface area (Å²) in [5, 5.41) is 5.99. The smallest absolute Gasteiger partial charge is 0.314 e. The van der Waals surface area contributed by atoms with Crippen LogP contribution in [-0.2, 0) is 0 Å². The van der Waals surface area contributed by atoms with E-state index in [0.717, 1.165) is 58.1 Å². The van der Waals surface area contributed by atoms with Gasteiger partial charge in [0.15, 0.2) is 0 Å². The number of carbonyl (C=O) groups is 1. The number of urea groups is 1. The molecule has 7 nitrogen and oxygen atoms in total. The number of nitrogens with zero attached hydrogens (tertiary/aromatic N) is 4. The highest BCUT2D eigenvalue weighted by Gasteiger charge is 2.18. The van der Waals surface area contributed by atoms with Gasteiger partial charge in [-0.15, -0.1) is 0 Å². The van der Waals surface area contributed by atoms with Crippen molar-refractivity contribution in [2.45, 2.75) is 52.0 Å². The second-order valence-electron chi connectivity index (χ2n) is 7.03. The SMILES string of the molecule is CCCCCC(C)NC(=O)NCCCN1CCN(c2ncccn2)CC1. The Balaban J connectivity index is 1.52. The van der Waals surface area contributed by atoms with Crippen LogP contribution in [0, 0.1) is 0 Å². The monoisotopic (exact) mass is 362 g/mol. The predicted octanol–water partition coefficient (Wildman–Crippen LogP) is 2.26. The molecule has 1 fully saturated rings. The molecule has 1 unspecified atom stereocenters. The fourth-order valence-electron chi connectivity index (χ4n) is 3.18. The zero-order valence-electron chi connectivity index (χ0n) is 16.3. The first-order valence-corrected chi connectivity index (χ1v) is 9.97. The highest BCUT2D eigenvalue weighted by molar-refractivity contribution is 5.74. The minimum Gasteiger partial charge on any atom is -0.338 e. The molecule has 146 valence electrons. The van der Waals surface area contributed by atoms with Crippen LogP contribution >= 0.6 is 0 Å². The molecular weight excluding hydrogens is 328 g/mol. The molecule has 0 spiro atoms. The number of nitrogens with one attached hydrogen (secondary N) is 2. The van der Waals surface area contributed by atoms with Crippen LogP contribution in [0.2, 0.25) is 0 Å². The number of hydrogen-bond donors (Lipinski definition) is 2. The number of aromatic nitrogens is 2. The molecule has 1 aromatic rings. The van der Waals surface area contributed by atoms with Crippen LogP contribution in [0.3, 0.4) is 0 Å². The number of hydrogen-bond acceptors (Lipinski definition) is 5. The summed E-state index contributed by atoms with van der Waals surface area (Å²) in [6.07, 6.45) is 9.23. The van der Waals surface area contributed by atoms with Crippen LogP contribution in [0.5, 0.6) is 0 Å². The molecule has 2 amide bonds. The van der Waals surface area contributed by atoms with Crippen molar-refractivity contribution in [2.75, 3.05) is 44.2 Å². The molecule has 0 radical (unpaired) electrons. The van der Waals surface area contributed by atoms with Crippen LogP contribution in [0.4, 0.5) is 10.7 Å².